The van der Waals surface area contributed by atoms with E-state index in [0.717, 1.165) is 10.8 Å². The Kier molecular flexibility index (Phi) is 5.30. The van der Waals surface area contributed by atoms with Crippen molar-refractivity contribution in [2.75, 3.05) is 0 Å². The van der Waals surface area contributed by atoms with Gasteiger partial charge in [-0.2, -0.15) is 0 Å². The van der Waals surface area contributed by atoms with Crippen molar-refractivity contribution < 1.29 is 0 Å². The number of hydrogen-bond acceptors (Lipinski definition) is 2. The number of thiocarbonyl (C=S) groups is 1. The van der Waals surface area contributed by atoms with Gasteiger partial charge >= 0.3 is 0 Å². The summed E-state index contributed by atoms with van der Waals surface area (Å²) in [4.78, 5) is 7.19. The highest BCUT2D eigenvalue weighted by atomic mass is 32.1. The molecule has 1 aliphatic heterocycles. The van der Waals surface area contributed by atoms with Gasteiger partial charge in [-0.15, -0.1) is 0 Å². The Labute approximate surface area is 190 Å². The summed E-state index contributed by atoms with van der Waals surface area (Å²) in [6, 6.07) is 18.0. The first-order valence-corrected chi connectivity index (χ1v) is 11.7. The van der Waals surface area contributed by atoms with E-state index in [9.17, 15) is 0 Å². The van der Waals surface area contributed by atoms with Crippen LogP contribution in [0.3, 0.4) is 0 Å². The molecule has 1 aliphatic carbocycles. The molecule has 1 N–H and O–H groups in total. The van der Waals surface area contributed by atoms with Gasteiger partial charge in [-0.25, -0.2) is 0 Å². The van der Waals surface area contributed by atoms with Gasteiger partial charge in [0.25, 0.3) is 0 Å². The summed E-state index contributed by atoms with van der Waals surface area (Å²) >= 11 is 5.90. The van der Waals surface area contributed by atoms with Crippen molar-refractivity contribution in [1.29, 1.82) is 0 Å². The number of hydrogen-bond donors (Lipinski definition) is 1. The lowest BCUT2D eigenvalue weighted by atomic mass is 9.95. The van der Waals surface area contributed by atoms with E-state index < -0.39 is 0 Å². The van der Waals surface area contributed by atoms with Crippen LogP contribution in [0.4, 0.5) is 0 Å². The summed E-state index contributed by atoms with van der Waals surface area (Å²) in [7, 11) is 0. The van der Waals surface area contributed by atoms with Crippen molar-refractivity contribution in [2.24, 2.45) is 0 Å². The van der Waals surface area contributed by atoms with Crippen LogP contribution in [0.15, 0.2) is 54.7 Å². The molecule has 2 aliphatic rings. The molecular weight excluding hydrogens is 400 g/mol. The number of benzene rings is 1. The number of aromatic nitrogens is 2. The van der Waals surface area contributed by atoms with Crippen molar-refractivity contribution in [2.45, 2.75) is 64.6 Å². The number of aryl methyl sites for hydroxylation is 2. The Hall–Kier alpha value is -2.66. The van der Waals surface area contributed by atoms with Gasteiger partial charge in [0.1, 0.15) is 0 Å². The summed E-state index contributed by atoms with van der Waals surface area (Å²) in [5.41, 5.74) is 7.41. The fourth-order valence-corrected chi connectivity index (χ4v) is 5.84. The van der Waals surface area contributed by atoms with Crippen LogP contribution < -0.4 is 5.32 Å². The van der Waals surface area contributed by atoms with E-state index >= 15 is 0 Å². The van der Waals surface area contributed by atoms with E-state index in [1.165, 1.54) is 53.9 Å². The predicted molar refractivity (Wildman–Crippen MR) is 130 cm³/mol. The number of rotatable bonds is 4. The van der Waals surface area contributed by atoms with Crippen molar-refractivity contribution in [1.82, 2.24) is 19.8 Å². The molecule has 4 nitrogen and oxygen atoms in total. The smallest absolute Gasteiger partial charge is 0.170 e. The van der Waals surface area contributed by atoms with Crippen LogP contribution in [-0.4, -0.2) is 25.6 Å². The quantitative estimate of drug-likeness (QED) is 0.537. The van der Waals surface area contributed by atoms with Crippen molar-refractivity contribution in [3.05, 3.63) is 82.9 Å². The van der Waals surface area contributed by atoms with Crippen LogP contribution in [0.1, 0.15) is 66.0 Å². The molecule has 2 aromatic heterocycles. The summed E-state index contributed by atoms with van der Waals surface area (Å²) < 4.78 is 2.37. The largest absolute Gasteiger partial charge is 0.352 e. The molecule has 3 heterocycles. The topological polar surface area (TPSA) is 33.1 Å². The summed E-state index contributed by atoms with van der Waals surface area (Å²) in [6.45, 7) is 6.57. The molecule has 0 spiro atoms. The van der Waals surface area contributed by atoms with Crippen LogP contribution in [-0.2, 0) is 0 Å². The van der Waals surface area contributed by atoms with Crippen LogP contribution >= 0.6 is 12.2 Å². The van der Waals surface area contributed by atoms with Gasteiger partial charge in [0.05, 0.1) is 17.8 Å². The molecule has 0 unspecified atom stereocenters. The first-order valence-electron chi connectivity index (χ1n) is 11.3. The Bertz CT molecular complexity index is 1080. The molecular formula is C26H30N4S. The second-order valence-electron chi connectivity index (χ2n) is 8.97. The fraction of sp³-hybridized carbons (Fsp3) is 0.385. The molecule has 3 aromatic rings. The third kappa shape index (κ3) is 3.55. The molecule has 5 heteroatoms. The van der Waals surface area contributed by atoms with E-state index in [1.807, 2.05) is 12.3 Å². The predicted octanol–water partition coefficient (Wildman–Crippen LogP) is 5.71. The Balaban J connectivity index is 1.63. The van der Waals surface area contributed by atoms with Gasteiger partial charge in [0.2, 0.25) is 0 Å². The highest BCUT2D eigenvalue weighted by Crippen LogP contribution is 2.44. The Morgan fingerprint density at radius 2 is 1.74 bits per heavy atom. The zero-order chi connectivity index (χ0) is 21.5. The molecule has 1 saturated carbocycles. The van der Waals surface area contributed by atoms with Crippen LogP contribution in [0.5, 0.6) is 0 Å². The molecule has 31 heavy (non-hydrogen) atoms. The van der Waals surface area contributed by atoms with Crippen LogP contribution in [0.2, 0.25) is 0 Å². The standard InChI is InChI=1S/C26H30N4S/c1-17-11-13-21(14-12-17)29-18(2)16-22(19(29)3)25-24(23-10-6-7-15-27-23)28-26(31)30(25)20-8-4-5-9-20/h6-7,10-16,20,24-25H,4-5,8-9H2,1-3H3,(H,28,31)/t24-,25+/m0/s1. The Morgan fingerprint density at radius 1 is 1.00 bits per heavy atom. The van der Waals surface area contributed by atoms with Gasteiger partial charge in [-0.1, -0.05) is 36.6 Å². The number of pyridine rings is 1. The normalized spacial score (nSPS) is 21.6. The van der Waals surface area contributed by atoms with Gasteiger partial charge in [0, 0.05) is 29.3 Å². The fourth-order valence-electron chi connectivity index (χ4n) is 5.45. The van der Waals surface area contributed by atoms with E-state index in [2.05, 4.69) is 78.0 Å². The van der Waals surface area contributed by atoms with Crippen LogP contribution in [0, 0.1) is 20.8 Å². The minimum Gasteiger partial charge on any atom is -0.352 e. The highest BCUT2D eigenvalue weighted by molar-refractivity contribution is 7.80. The minimum atomic E-state index is 0.0567. The minimum absolute atomic E-state index is 0.0567. The maximum Gasteiger partial charge on any atom is 0.170 e. The van der Waals surface area contributed by atoms with Gasteiger partial charge in [-0.3, -0.25) is 4.98 Å². The van der Waals surface area contributed by atoms with E-state index in [1.54, 1.807) is 0 Å². The number of nitrogens with one attached hydrogen (secondary N) is 1. The molecule has 1 aromatic carbocycles. The molecule has 2 fully saturated rings. The lowest BCUT2D eigenvalue weighted by molar-refractivity contribution is 0.245. The SMILES string of the molecule is Cc1ccc(-n2c(C)cc([C@@H]3[C@H](c4ccccn4)NC(=S)N3C3CCCC3)c2C)cc1. The third-order valence-electron chi connectivity index (χ3n) is 6.93. The highest BCUT2D eigenvalue weighted by Gasteiger charge is 2.44. The average Bonchev–Trinajstić information content (AvgIpc) is 3.48. The molecule has 0 amide bonds. The van der Waals surface area contributed by atoms with E-state index in [4.69, 9.17) is 17.2 Å². The lowest BCUT2D eigenvalue weighted by Gasteiger charge is -2.33. The molecule has 160 valence electrons. The number of nitrogens with zero attached hydrogens (tertiary/aromatic N) is 3. The first kappa shape index (κ1) is 20.3. The molecule has 0 radical (unpaired) electrons. The Morgan fingerprint density at radius 3 is 2.42 bits per heavy atom. The van der Waals surface area contributed by atoms with E-state index in [0.29, 0.717) is 6.04 Å². The van der Waals surface area contributed by atoms with Crippen LogP contribution in [0.25, 0.3) is 5.69 Å². The molecule has 1 saturated heterocycles. The van der Waals surface area contributed by atoms with Crippen molar-refractivity contribution >= 4 is 17.3 Å². The van der Waals surface area contributed by atoms with Crippen molar-refractivity contribution in [3.8, 4) is 5.69 Å². The summed E-state index contributed by atoms with van der Waals surface area (Å²) in [6.07, 6.45) is 6.87. The second-order valence-corrected chi connectivity index (χ2v) is 9.36. The maximum atomic E-state index is 5.90. The van der Waals surface area contributed by atoms with Crippen molar-refractivity contribution in [3.63, 3.8) is 0 Å². The molecule has 0 bridgehead atoms. The lowest BCUT2D eigenvalue weighted by Crippen LogP contribution is -2.37. The second kappa shape index (κ2) is 8.12. The zero-order valence-corrected chi connectivity index (χ0v) is 19.3. The van der Waals surface area contributed by atoms with Gasteiger partial charge in [0.15, 0.2) is 5.11 Å². The van der Waals surface area contributed by atoms with E-state index in [-0.39, 0.29) is 12.1 Å². The monoisotopic (exact) mass is 430 g/mol. The average molecular weight is 431 g/mol. The third-order valence-corrected chi connectivity index (χ3v) is 7.26. The first-order chi connectivity index (χ1) is 15.0. The maximum absolute atomic E-state index is 5.90. The van der Waals surface area contributed by atoms with Gasteiger partial charge < -0.3 is 14.8 Å². The van der Waals surface area contributed by atoms with Gasteiger partial charge in [-0.05, 0) is 81.7 Å². The molecule has 5 rings (SSSR count). The zero-order valence-electron chi connectivity index (χ0n) is 18.5. The summed E-state index contributed by atoms with van der Waals surface area (Å²) in [5, 5.41) is 4.50. The molecule has 2 atom stereocenters. The summed E-state index contributed by atoms with van der Waals surface area (Å²) in [5.74, 6) is 0.